The zero-order chi connectivity index (χ0) is 15.6. The van der Waals surface area contributed by atoms with Crippen molar-refractivity contribution in [2.45, 2.75) is 44.1 Å². The molecule has 2 amide bonds. The van der Waals surface area contributed by atoms with Crippen LogP contribution in [-0.2, 0) is 4.79 Å². The first kappa shape index (κ1) is 15.0. The second-order valence-electron chi connectivity index (χ2n) is 6.46. The predicted molar refractivity (Wildman–Crippen MR) is 83.5 cm³/mol. The Hall–Kier alpha value is -1.88. The molecular formula is C17H22N2O3. The molecule has 22 heavy (non-hydrogen) atoms. The van der Waals surface area contributed by atoms with Gasteiger partial charge in [-0.3, -0.25) is 9.59 Å². The number of carbonyl (C=O) groups excluding carboxylic acids is 2. The van der Waals surface area contributed by atoms with Gasteiger partial charge in [-0.05, 0) is 43.9 Å². The molecule has 3 rings (SSSR count). The summed E-state index contributed by atoms with van der Waals surface area (Å²) in [6.45, 7) is 0.282. The van der Waals surface area contributed by atoms with Crippen LogP contribution in [0.1, 0.15) is 48.9 Å². The highest BCUT2D eigenvalue weighted by molar-refractivity contribution is 5.98. The molecule has 5 nitrogen and oxygen atoms in total. The molecule has 0 radical (unpaired) electrons. The summed E-state index contributed by atoms with van der Waals surface area (Å²) in [7, 11) is 0. The minimum Gasteiger partial charge on any atom is -0.388 e. The second kappa shape index (κ2) is 6.08. The van der Waals surface area contributed by atoms with Crippen LogP contribution in [0.15, 0.2) is 24.3 Å². The molecule has 1 aromatic carbocycles. The number of rotatable bonds is 5. The van der Waals surface area contributed by atoms with E-state index in [0.29, 0.717) is 11.3 Å². The minimum atomic E-state index is -0.756. The molecule has 0 unspecified atom stereocenters. The molecule has 1 aromatic rings. The SMILES string of the molecule is O=C(NCC1(O)CCCC1)c1cccc(NC(=O)C2CC2)c1. The minimum absolute atomic E-state index is 0.0258. The van der Waals surface area contributed by atoms with Gasteiger partial charge in [0.15, 0.2) is 0 Å². The highest BCUT2D eigenvalue weighted by atomic mass is 16.3. The van der Waals surface area contributed by atoms with Crippen LogP contribution in [0.4, 0.5) is 5.69 Å². The van der Waals surface area contributed by atoms with Crippen LogP contribution in [0, 0.1) is 5.92 Å². The lowest BCUT2D eigenvalue weighted by Gasteiger charge is -2.22. The van der Waals surface area contributed by atoms with E-state index in [-0.39, 0.29) is 24.3 Å². The number of carbonyl (C=O) groups is 2. The maximum absolute atomic E-state index is 12.2. The van der Waals surface area contributed by atoms with Crippen LogP contribution in [0.25, 0.3) is 0 Å². The van der Waals surface area contributed by atoms with E-state index in [9.17, 15) is 14.7 Å². The molecule has 0 atom stereocenters. The smallest absolute Gasteiger partial charge is 0.251 e. The topological polar surface area (TPSA) is 78.4 Å². The highest BCUT2D eigenvalue weighted by Gasteiger charge is 2.31. The Labute approximate surface area is 130 Å². The largest absolute Gasteiger partial charge is 0.388 e. The summed E-state index contributed by atoms with van der Waals surface area (Å²) in [5.41, 5.74) is 0.382. The first-order valence-electron chi connectivity index (χ1n) is 7.97. The first-order chi connectivity index (χ1) is 10.6. The summed E-state index contributed by atoms with van der Waals surface area (Å²) >= 11 is 0. The van der Waals surface area contributed by atoms with Gasteiger partial charge in [-0.1, -0.05) is 18.9 Å². The van der Waals surface area contributed by atoms with Gasteiger partial charge in [0.25, 0.3) is 5.91 Å². The van der Waals surface area contributed by atoms with Crippen molar-refractivity contribution in [1.29, 1.82) is 0 Å². The highest BCUT2D eigenvalue weighted by Crippen LogP contribution is 2.30. The van der Waals surface area contributed by atoms with Gasteiger partial charge in [0.05, 0.1) is 5.60 Å². The average molecular weight is 302 g/mol. The number of hydrogen-bond acceptors (Lipinski definition) is 3. The fourth-order valence-electron chi connectivity index (χ4n) is 2.88. The molecule has 0 bridgehead atoms. The van der Waals surface area contributed by atoms with E-state index >= 15 is 0 Å². The Morgan fingerprint density at radius 1 is 1.23 bits per heavy atom. The van der Waals surface area contributed by atoms with Crippen LogP contribution in [0.3, 0.4) is 0 Å². The molecule has 0 aromatic heterocycles. The lowest BCUT2D eigenvalue weighted by Crippen LogP contribution is -2.40. The van der Waals surface area contributed by atoms with Gasteiger partial charge in [-0.15, -0.1) is 0 Å². The number of nitrogens with one attached hydrogen (secondary N) is 2. The third-order valence-corrected chi connectivity index (χ3v) is 4.45. The van der Waals surface area contributed by atoms with E-state index in [4.69, 9.17) is 0 Å². The Balaban J connectivity index is 1.58. The van der Waals surface area contributed by atoms with Crippen molar-refractivity contribution in [1.82, 2.24) is 5.32 Å². The summed E-state index contributed by atoms with van der Waals surface area (Å²) in [6.07, 6.45) is 5.40. The molecule has 0 saturated heterocycles. The van der Waals surface area contributed by atoms with E-state index in [1.54, 1.807) is 24.3 Å². The van der Waals surface area contributed by atoms with Crippen molar-refractivity contribution in [2.75, 3.05) is 11.9 Å². The lowest BCUT2D eigenvalue weighted by atomic mass is 10.0. The van der Waals surface area contributed by atoms with Crippen LogP contribution in [0.5, 0.6) is 0 Å². The molecule has 3 N–H and O–H groups in total. The summed E-state index contributed by atoms with van der Waals surface area (Å²) in [5.74, 6) is -0.0604. The number of anilines is 1. The maximum atomic E-state index is 12.2. The molecular weight excluding hydrogens is 280 g/mol. The van der Waals surface area contributed by atoms with Gasteiger partial charge in [-0.25, -0.2) is 0 Å². The van der Waals surface area contributed by atoms with Gasteiger partial charge >= 0.3 is 0 Å². The zero-order valence-electron chi connectivity index (χ0n) is 12.6. The van der Waals surface area contributed by atoms with Crippen molar-refractivity contribution in [3.8, 4) is 0 Å². The Bertz CT molecular complexity index is 575. The van der Waals surface area contributed by atoms with Crippen molar-refractivity contribution in [2.24, 2.45) is 5.92 Å². The molecule has 0 heterocycles. The molecule has 2 fully saturated rings. The lowest BCUT2D eigenvalue weighted by molar-refractivity contribution is -0.117. The molecule has 5 heteroatoms. The summed E-state index contributed by atoms with van der Waals surface area (Å²) in [5, 5.41) is 15.9. The molecule has 2 saturated carbocycles. The van der Waals surface area contributed by atoms with E-state index in [2.05, 4.69) is 10.6 Å². The summed E-state index contributed by atoms with van der Waals surface area (Å²) < 4.78 is 0. The Kier molecular flexibility index (Phi) is 4.16. The van der Waals surface area contributed by atoms with E-state index in [1.165, 1.54) is 0 Å². The van der Waals surface area contributed by atoms with E-state index in [1.807, 2.05) is 0 Å². The fourth-order valence-corrected chi connectivity index (χ4v) is 2.88. The van der Waals surface area contributed by atoms with Gasteiger partial charge in [0, 0.05) is 23.7 Å². The quantitative estimate of drug-likeness (QED) is 0.779. The molecule has 0 aliphatic heterocycles. The van der Waals surface area contributed by atoms with Gasteiger partial charge in [-0.2, -0.15) is 0 Å². The predicted octanol–water partition coefficient (Wildman–Crippen LogP) is 2.07. The second-order valence-corrected chi connectivity index (χ2v) is 6.46. The van der Waals surface area contributed by atoms with E-state index < -0.39 is 5.60 Å². The summed E-state index contributed by atoms with van der Waals surface area (Å²) in [4.78, 5) is 23.9. The molecule has 118 valence electrons. The molecule has 0 spiro atoms. The Morgan fingerprint density at radius 2 is 1.95 bits per heavy atom. The van der Waals surface area contributed by atoms with Crippen molar-refractivity contribution in [3.05, 3.63) is 29.8 Å². The summed E-state index contributed by atoms with van der Waals surface area (Å²) in [6, 6.07) is 6.92. The third kappa shape index (κ3) is 3.65. The van der Waals surface area contributed by atoms with E-state index in [0.717, 1.165) is 38.5 Å². The van der Waals surface area contributed by atoms with Crippen LogP contribution in [0.2, 0.25) is 0 Å². The number of amides is 2. The third-order valence-electron chi connectivity index (χ3n) is 4.45. The first-order valence-corrected chi connectivity index (χ1v) is 7.97. The Morgan fingerprint density at radius 3 is 2.64 bits per heavy atom. The van der Waals surface area contributed by atoms with Gasteiger partial charge in [0.2, 0.25) is 5.91 Å². The van der Waals surface area contributed by atoms with Crippen molar-refractivity contribution < 1.29 is 14.7 Å². The monoisotopic (exact) mass is 302 g/mol. The molecule has 2 aliphatic rings. The zero-order valence-corrected chi connectivity index (χ0v) is 12.6. The van der Waals surface area contributed by atoms with Gasteiger partial charge in [0.1, 0.15) is 0 Å². The average Bonchev–Trinajstić information content (AvgIpc) is 3.28. The van der Waals surface area contributed by atoms with Crippen molar-refractivity contribution in [3.63, 3.8) is 0 Å². The number of benzene rings is 1. The number of aliphatic hydroxyl groups is 1. The standard InChI is InChI=1S/C17H22N2O3/c20-15(18-11-17(22)8-1-2-9-17)13-4-3-5-14(10-13)19-16(21)12-6-7-12/h3-5,10,12,22H,1-2,6-9,11H2,(H,18,20)(H,19,21). The fraction of sp³-hybridized carbons (Fsp3) is 0.529. The maximum Gasteiger partial charge on any atom is 0.251 e. The number of hydrogen-bond donors (Lipinski definition) is 3. The van der Waals surface area contributed by atoms with Crippen LogP contribution >= 0.6 is 0 Å². The van der Waals surface area contributed by atoms with Gasteiger partial charge < -0.3 is 15.7 Å². The van der Waals surface area contributed by atoms with Crippen LogP contribution < -0.4 is 10.6 Å². The van der Waals surface area contributed by atoms with Crippen molar-refractivity contribution >= 4 is 17.5 Å². The normalized spacial score (nSPS) is 19.7. The molecule has 2 aliphatic carbocycles. The van der Waals surface area contributed by atoms with Crippen LogP contribution in [-0.4, -0.2) is 29.1 Å².